The maximum absolute atomic E-state index is 9.44. The van der Waals surface area contributed by atoms with Crippen molar-refractivity contribution < 1.29 is 5.11 Å². The first-order valence-corrected chi connectivity index (χ1v) is 5.90. The zero-order valence-electron chi connectivity index (χ0n) is 9.90. The van der Waals surface area contributed by atoms with Crippen molar-refractivity contribution in [2.24, 2.45) is 0 Å². The first kappa shape index (κ1) is 11.3. The minimum Gasteiger partial charge on any atom is -0.393 e. The second-order valence-electron chi connectivity index (χ2n) is 4.60. The Balaban J connectivity index is 2.00. The number of nitrogens with one attached hydrogen (secondary N) is 1. The molecule has 0 saturated heterocycles. The van der Waals surface area contributed by atoms with Crippen LogP contribution in [0.4, 0.5) is 5.82 Å². The highest BCUT2D eigenvalue weighted by atomic mass is 16.3. The predicted octanol–water partition coefficient (Wildman–Crippen LogP) is 1.81. The molecule has 2 N–H and O–H groups in total. The molecular weight excluding hydrogens is 202 g/mol. The van der Waals surface area contributed by atoms with E-state index in [2.05, 4.69) is 15.3 Å². The van der Waals surface area contributed by atoms with E-state index in [-0.39, 0.29) is 6.10 Å². The zero-order valence-corrected chi connectivity index (χ0v) is 9.90. The van der Waals surface area contributed by atoms with E-state index in [1.54, 1.807) is 6.20 Å². The van der Waals surface area contributed by atoms with Crippen molar-refractivity contribution in [1.82, 2.24) is 9.97 Å². The molecule has 2 rings (SSSR count). The van der Waals surface area contributed by atoms with Crippen molar-refractivity contribution >= 4 is 5.82 Å². The summed E-state index contributed by atoms with van der Waals surface area (Å²) in [6, 6.07) is 0.429. The summed E-state index contributed by atoms with van der Waals surface area (Å²) >= 11 is 0. The van der Waals surface area contributed by atoms with Gasteiger partial charge in [-0.1, -0.05) is 0 Å². The fourth-order valence-corrected chi connectivity index (χ4v) is 2.09. The largest absolute Gasteiger partial charge is 0.393 e. The van der Waals surface area contributed by atoms with Crippen LogP contribution in [0.15, 0.2) is 6.20 Å². The number of hydrogen-bond donors (Lipinski definition) is 2. The average Bonchev–Trinajstić information content (AvgIpc) is 2.27. The van der Waals surface area contributed by atoms with Crippen LogP contribution in [0.5, 0.6) is 0 Å². The molecule has 0 bridgehead atoms. The van der Waals surface area contributed by atoms with Crippen molar-refractivity contribution in [3.05, 3.63) is 17.6 Å². The smallest absolute Gasteiger partial charge is 0.147 e. The summed E-state index contributed by atoms with van der Waals surface area (Å²) in [6.45, 7) is 3.91. The van der Waals surface area contributed by atoms with Crippen LogP contribution in [0.1, 0.15) is 37.1 Å². The summed E-state index contributed by atoms with van der Waals surface area (Å²) in [5.74, 6) is 0.890. The summed E-state index contributed by atoms with van der Waals surface area (Å²) in [4.78, 5) is 8.73. The van der Waals surface area contributed by atoms with Gasteiger partial charge in [-0.05, 0) is 39.5 Å². The van der Waals surface area contributed by atoms with Gasteiger partial charge in [0.2, 0.25) is 0 Å². The van der Waals surface area contributed by atoms with Crippen LogP contribution >= 0.6 is 0 Å². The molecule has 1 fully saturated rings. The third kappa shape index (κ3) is 2.70. The quantitative estimate of drug-likeness (QED) is 0.799. The van der Waals surface area contributed by atoms with Crippen LogP contribution in [0.25, 0.3) is 0 Å². The van der Waals surface area contributed by atoms with E-state index in [4.69, 9.17) is 0 Å². The van der Waals surface area contributed by atoms with Crippen LogP contribution in [0, 0.1) is 13.8 Å². The molecule has 88 valence electrons. The topological polar surface area (TPSA) is 58.0 Å². The predicted molar refractivity (Wildman–Crippen MR) is 63.4 cm³/mol. The molecule has 1 heterocycles. The Labute approximate surface area is 96.1 Å². The lowest BCUT2D eigenvalue weighted by atomic mass is 9.93. The van der Waals surface area contributed by atoms with Gasteiger partial charge in [0.05, 0.1) is 17.5 Å². The molecule has 1 aromatic rings. The van der Waals surface area contributed by atoms with Crippen LogP contribution in [0.2, 0.25) is 0 Å². The number of aryl methyl sites for hydroxylation is 2. The molecule has 1 aliphatic carbocycles. The van der Waals surface area contributed by atoms with E-state index in [1.807, 2.05) is 13.8 Å². The van der Waals surface area contributed by atoms with Crippen LogP contribution in [0.3, 0.4) is 0 Å². The molecule has 0 atom stereocenters. The average molecular weight is 221 g/mol. The minimum absolute atomic E-state index is 0.109. The second kappa shape index (κ2) is 4.78. The molecule has 1 aromatic heterocycles. The standard InChI is InChI=1S/C12H19N3O/c1-8-7-13-9(2)12(14-8)15-10-3-5-11(16)6-4-10/h7,10-11,16H,3-6H2,1-2H3,(H,14,15). The Morgan fingerprint density at radius 2 is 1.94 bits per heavy atom. The summed E-state index contributed by atoms with van der Waals surface area (Å²) < 4.78 is 0. The third-order valence-electron chi connectivity index (χ3n) is 3.11. The molecule has 1 aliphatic rings. The molecule has 0 radical (unpaired) electrons. The first-order valence-electron chi connectivity index (χ1n) is 5.90. The molecule has 0 amide bonds. The van der Waals surface area contributed by atoms with Gasteiger partial charge in [0, 0.05) is 12.2 Å². The lowest BCUT2D eigenvalue weighted by Crippen LogP contribution is -2.29. The van der Waals surface area contributed by atoms with E-state index in [0.717, 1.165) is 42.9 Å². The molecular formula is C12H19N3O. The van der Waals surface area contributed by atoms with Gasteiger partial charge >= 0.3 is 0 Å². The summed E-state index contributed by atoms with van der Waals surface area (Å²) in [7, 11) is 0. The van der Waals surface area contributed by atoms with E-state index in [1.165, 1.54) is 0 Å². The van der Waals surface area contributed by atoms with E-state index in [9.17, 15) is 5.11 Å². The lowest BCUT2D eigenvalue weighted by molar-refractivity contribution is 0.126. The van der Waals surface area contributed by atoms with Crippen molar-refractivity contribution in [2.45, 2.75) is 51.7 Å². The normalized spacial score (nSPS) is 25.4. The molecule has 4 heteroatoms. The second-order valence-corrected chi connectivity index (χ2v) is 4.60. The number of rotatable bonds is 2. The minimum atomic E-state index is -0.109. The van der Waals surface area contributed by atoms with Gasteiger partial charge in [0.15, 0.2) is 0 Å². The van der Waals surface area contributed by atoms with Gasteiger partial charge in [0.25, 0.3) is 0 Å². The Bertz CT molecular complexity index is 359. The van der Waals surface area contributed by atoms with Gasteiger partial charge in [-0.25, -0.2) is 4.98 Å². The monoisotopic (exact) mass is 221 g/mol. The van der Waals surface area contributed by atoms with Gasteiger partial charge in [-0.3, -0.25) is 4.98 Å². The first-order chi connectivity index (χ1) is 7.65. The van der Waals surface area contributed by atoms with Crippen molar-refractivity contribution in [3.8, 4) is 0 Å². The highest BCUT2D eigenvalue weighted by Crippen LogP contribution is 2.22. The Morgan fingerprint density at radius 3 is 2.62 bits per heavy atom. The van der Waals surface area contributed by atoms with E-state index in [0.29, 0.717) is 6.04 Å². The molecule has 16 heavy (non-hydrogen) atoms. The number of aliphatic hydroxyl groups excluding tert-OH is 1. The molecule has 1 saturated carbocycles. The maximum atomic E-state index is 9.44. The number of nitrogens with zero attached hydrogens (tertiary/aromatic N) is 2. The van der Waals surface area contributed by atoms with Crippen LogP contribution in [-0.4, -0.2) is 27.2 Å². The SMILES string of the molecule is Cc1cnc(C)c(NC2CCC(O)CC2)n1. The summed E-state index contributed by atoms with van der Waals surface area (Å²) in [5.41, 5.74) is 1.88. The molecule has 0 unspecified atom stereocenters. The molecule has 0 aliphatic heterocycles. The third-order valence-corrected chi connectivity index (χ3v) is 3.11. The van der Waals surface area contributed by atoms with E-state index < -0.39 is 0 Å². The van der Waals surface area contributed by atoms with Crippen LogP contribution < -0.4 is 5.32 Å². The van der Waals surface area contributed by atoms with Gasteiger partial charge in [-0.2, -0.15) is 0 Å². The number of anilines is 1. The van der Waals surface area contributed by atoms with Gasteiger partial charge in [0.1, 0.15) is 5.82 Å². The zero-order chi connectivity index (χ0) is 11.5. The fraction of sp³-hybridized carbons (Fsp3) is 0.667. The maximum Gasteiger partial charge on any atom is 0.147 e. The van der Waals surface area contributed by atoms with Gasteiger partial charge < -0.3 is 10.4 Å². The van der Waals surface area contributed by atoms with Crippen molar-refractivity contribution in [3.63, 3.8) is 0 Å². The van der Waals surface area contributed by atoms with Crippen LogP contribution in [-0.2, 0) is 0 Å². The highest BCUT2D eigenvalue weighted by molar-refractivity contribution is 5.40. The summed E-state index contributed by atoms with van der Waals surface area (Å²) in [5, 5.41) is 12.9. The lowest BCUT2D eigenvalue weighted by Gasteiger charge is -2.27. The van der Waals surface area contributed by atoms with Crippen molar-refractivity contribution in [2.75, 3.05) is 5.32 Å². The fourth-order valence-electron chi connectivity index (χ4n) is 2.09. The molecule has 0 spiro atoms. The molecule has 0 aromatic carbocycles. The Hall–Kier alpha value is -1.16. The number of aromatic nitrogens is 2. The number of hydrogen-bond acceptors (Lipinski definition) is 4. The Morgan fingerprint density at radius 1 is 1.25 bits per heavy atom. The molecule has 4 nitrogen and oxygen atoms in total. The van der Waals surface area contributed by atoms with E-state index >= 15 is 0 Å². The summed E-state index contributed by atoms with van der Waals surface area (Å²) in [6.07, 6.45) is 5.46. The number of aliphatic hydroxyl groups is 1. The van der Waals surface area contributed by atoms with Crippen molar-refractivity contribution in [1.29, 1.82) is 0 Å². The Kier molecular flexibility index (Phi) is 3.39. The highest BCUT2D eigenvalue weighted by Gasteiger charge is 2.19. The van der Waals surface area contributed by atoms with Gasteiger partial charge in [-0.15, -0.1) is 0 Å².